The molecule has 2 rings (SSSR count). The number of carboxylic acid groups (broad SMARTS) is 1. The highest BCUT2D eigenvalue weighted by Crippen LogP contribution is 2.19. The van der Waals surface area contributed by atoms with Crippen LogP contribution < -0.4 is 5.32 Å². The zero-order valence-electron chi connectivity index (χ0n) is 10.9. The zero-order valence-corrected chi connectivity index (χ0v) is 10.9. The Morgan fingerprint density at radius 1 is 1.50 bits per heavy atom. The van der Waals surface area contributed by atoms with Gasteiger partial charge in [-0.15, -0.1) is 0 Å². The Hall–Kier alpha value is -2.15. The second-order valence-electron chi connectivity index (χ2n) is 4.55. The third-order valence-corrected chi connectivity index (χ3v) is 3.23. The summed E-state index contributed by atoms with van der Waals surface area (Å²) in [6, 6.07) is 2.71. The molecule has 0 aliphatic carbocycles. The molecule has 1 aliphatic heterocycles. The van der Waals surface area contributed by atoms with Gasteiger partial charge >= 0.3 is 12.0 Å². The second-order valence-corrected chi connectivity index (χ2v) is 4.55. The normalized spacial score (nSPS) is 17.8. The van der Waals surface area contributed by atoms with Crippen LogP contribution in [0, 0.1) is 5.82 Å². The van der Waals surface area contributed by atoms with Gasteiger partial charge in [-0.05, 0) is 24.6 Å². The first-order chi connectivity index (χ1) is 9.49. The van der Waals surface area contributed by atoms with Crippen molar-refractivity contribution in [3.63, 3.8) is 0 Å². The Labute approximate surface area is 115 Å². The van der Waals surface area contributed by atoms with Crippen molar-refractivity contribution in [3.05, 3.63) is 29.6 Å². The minimum absolute atomic E-state index is 0.0382. The summed E-state index contributed by atoms with van der Waals surface area (Å²) in [5.41, 5.74) is -0.218. The maximum absolute atomic E-state index is 13.0. The fourth-order valence-corrected chi connectivity index (χ4v) is 2.00. The molecule has 6 nitrogen and oxygen atoms in total. The number of nitrogens with zero attached hydrogens (tertiary/aromatic N) is 1. The maximum Gasteiger partial charge on any atom is 0.337 e. The molecular weight excluding hydrogens is 267 g/mol. The largest absolute Gasteiger partial charge is 0.478 e. The van der Waals surface area contributed by atoms with Crippen LogP contribution in [-0.4, -0.2) is 48.3 Å². The molecule has 2 N–H and O–H groups in total. The summed E-state index contributed by atoms with van der Waals surface area (Å²) in [5.74, 6) is -1.97. The molecule has 1 heterocycles. The number of ether oxygens (including phenoxy) is 1. The van der Waals surface area contributed by atoms with Gasteiger partial charge in [0, 0.05) is 13.7 Å². The van der Waals surface area contributed by atoms with Crippen LogP contribution in [0.2, 0.25) is 0 Å². The fourth-order valence-electron chi connectivity index (χ4n) is 2.00. The monoisotopic (exact) mass is 282 g/mol. The van der Waals surface area contributed by atoms with Crippen molar-refractivity contribution in [2.45, 2.75) is 12.5 Å². The number of likely N-dealkylation sites (N-methyl/N-ethyl adjacent to an activating group) is 1. The highest BCUT2D eigenvalue weighted by atomic mass is 19.1. The third-order valence-electron chi connectivity index (χ3n) is 3.23. The lowest BCUT2D eigenvalue weighted by atomic mass is 10.1. The molecule has 1 saturated heterocycles. The van der Waals surface area contributed by atoms with Gasteiger partial charge in [0.1, 0.15) is 5.82 Å². The average molecular weight is 282 g/mol. The van der Waals surface area contributed by atoms with Gasteiger partial charge in [-0.3, -0.25) is 0 Å². The molecule has 1 aromatic carbocycles. The molecule has 7 heteroatoms. The van der Waals surface area contributed by atoms with Crippen LogP contribution in [-0.2, 0) is 4.74 Å². The smallest absolute Gasteiger partial charge is 0.337 e. The third kappa shape index (κ3) is 3.05. The number of anilines is 1. The number of nitrogens with one attached hydrogen (secondary N) is 1. The Morgan fingerprint density at radius 2 is 2.25 bits per heavy atom. The average Bonchev–Trinajstić information content (AvgIpc) is 2.93. The molecule has 1 aromatic rings. The molecule has 1 atom stereocenters. The van der Waals surface area contributed by atoms with E-state index in [-0.39, 0.29) is 17.3 Å². The van der Waals surface area contributed by atoms with E-state index in [1.165, 1.54) is 11.0 Å². The summed E-state index contributed by atoms with van der Waals surface area (Å²) in [4.78, 5) is 24.5. The van der Waals surface area contributed by atoms with Gasteiger partial charge in [-0.25, -0.2) is 14.0 Å². The number of carbonyl (C=O) groups is 2. The maximum atomic E-state index is 13.0. The molecule has 1 unspecified atom stereocenters. The Morgan fingerprint density at radius 3 is 2.85 bits per heavy atom. The number of hydrogen-bond donors (Lipinski definition) is 2. The summed E-state index contributed by atoms with van der Waals surface area (Å²) >= 11 is 0. The van der Waals surface area contributed by atoms with Crippen LogP contribution in [0.4, 0.5) is 14.9 Å². The lowest BCUT2D eigenvalue weighted by Gasteiger charge is -2.23. The number of hydrogen-bond acceptors (Lipinski definition) is 3. The number of carboxylic acids is 1. The Kier molecular flexibility index (Phi) is 4.19. The Balaban J connectivity index is 2.12. The summed E-state index contributed by atoms with van der Waals surface area (Å²) in [6.45, 7) is 1.05. The van der Waals surface area contributed by atoms with Crippen LogP contribution >= 0.6 is 0 Å². The first kappa shape index (κ1) is 14.3. The number of aromatic carboxylic acids is 1. The molecule has 0 spiro atoms. The minimum Gasteiger partial charge on any atom is -0.478 e. The first-order valence-electron chi connectivity index (χ1n) is 6.13. The summed E-state index contributed by atoms with van der Waals surface area (Å²) in [6.07, 6.45) is 0.735. The molecule has 2 amide bonds. The van der Waals surface area contributed by atoms with E-state index in [1.54, 1.807) is 7.05 Å². The summed E-state index contributed by atoms with van der Waals surface area (Å²) in [5, 5.41) is 11.5. The minimum atomic E-state index is -1.30. The van der Waals surface area contributed by atoms with Crippen molar-refractivity contribution in [2.75, 3.05) is 25.6 Å². The van der Waals surface area contributed by atoms with Gasteiger partial charge in [-0.2, -0.15) is 0 Å². The van der Waals surface area contributed by atoms with E-state index >= 15 is 0 Å². The van der Waals surface area contributed by atoms with Gasteiger partial charge in [0.25, 0.3) is 0 Å². The SMILES string of the molecule is CN(C(=O)Nc1ccc(F)cc1C(=O)O)C1CCOC1. The molecule has 1 aliphatic rings. The van der Waals surface area contributed by atoms with Gasteiger partial charge in [0.15, 0.2) is 0 Å². The molecule has 0 bridgehead atoms. The lowest BCUT2D eigenvalue weighted by molar-refractivity contribution is 0.0697. The van der Waals surface area contributed by atoms with Crippen molar-refractivity contribution in [1.29, 1.82) is 0 Å². The van der Waals surface area contributed by atoms with Crippen LogP contribution in [0.5, 0.6) is 0 Å². The van der Waals surface area contributed by atoms with Crippen molar-refractivity contribution >= 4 is 17.7 Å². The lowest BCUT2D eigenvalue weighted by Crippen LogP contribution is -2.40. The van der Waals surface area contributed by atoms with Crippen LogP contribution in [0.15, 0.2) is 18.2 Å². The van der Waals surface area contributed by atoms with Crippen LogP contribution in [0.1, 0.15) is 16.8 Å². The molecule has 0 saturated carbocycles. The van der Waals surface area contributed by atoms with Crippen molar-refractivity contribution < 1.29 is 23.8 Å². The van der Waals surface area contributed by atoms with Crippen LogP contribution in [0.25, 0.3) is 0 Å². The number of carbonyl (C=O) groups excluding carboxylic acids is 1. The van der Waals surface area contributed by atoms with E-state index in [2.05, 4.69) is 5.32 Å². The highest BCUT2D eigenvalue weighted by Gasteiger charge is 2.25. The number of amides is 2. The van der Waals surface area contributed by atoms with Crippen molar-refractivity contribution in [3.8, 4) is 0 Å². The molecule has 20 heavy (non-hydrogen) atoms. The molecule has 0 aromatic heterocycles. The van der Waals surface area contributed by atoms with E-state index in [4.69, 9.17) is 9.84 Å². The topological polar surface area (TPSA) is 78.9 Å². The number of benzene rings is 1. The van der Waals surface area contributed by atoms with E-state index in [0.717, 1.165) is 18.6 Å². The van der Waals surface area contributed by atoms with Crippen molar-refractivity contribution in [1.82, 2.24) is 4.90 Å². The number of halogens is 1. The van der Waals surface area contributed by atoms with E-state index in [9.17, 15) is 14.0 Å². The molecule has 1 fully saturated rings. The standard InChI is InChI=1S/C13H15FN2O4/c1-16(9-4-5-20-7-9)13(19)15-11-3-2-8(14)6-10(11)12(17)18/h2-3,6,9H,4-5,7H2,1H3,(H,15,19)(H,17,18). The van der Waals surface area contributed by atoms with Gasteiger partial charge in [0.05, 0.1) is 23.9 Å². The highest BCUT2D eigenvalue weighted by molar-refractivity contribution is 6.00. The molecular formula is C13H15FN2O4. The first-order valence-corrected chi connectivity index (χ1v) is 6.13. The number of rotatable bonds is 3. The quantitative estimate of drug-likeness (QED) is 0.885. The van der Waals surface area contributed by atoms with Gasteiger partial charge < -0.3 is 20.1 Å². The Bertz CT molecular complexity index is 529. The van der Waals surface area contributed by atoms with Crippen molar-refractivity contribution in [2.24, 2.45) is 0 Å². The van der Waals surface area contributed by atoms with Crippen LogP contribution in [0.3, 0.4) is 0 Å². The molecule has 108 valence electrons. The van der Waals surface area contributed by atoms with E-state index in [0.29, 0.717) is 13.2 Å². The van der Waals surface area contributed by atoms with Gasteiger partial charge in [0.2, 0.25) is 0 Å². The van der Waals surface area contributed by atoms with E-state index < -0.39 is 17.8 Å². The van der Waals surface area contributed by atoms with Gasteiger partial charge in [-0.1, -0.05) is 0 Å². The van der Waals surface area contributed by atoms with E-state index in [1.807, 2.05) is 0 Å². The fraction of sp³-hybridized carbons (Fsp3) is 0.385. The predicted octanol–water partition coefficient (Wildman–Crippen LogP) is 1.78. The molecule has 0 radical (unpaired) electrons. The number of urea groups is 1. The predicted molar refractivity (Wildman–Crippen MR) is 69.4 cm³/mol. The summed E-state index contributed by atoms with van der Waals surface area (Å²) in [7, 11) is 1.61. The zero-order chi connectivity index (χ0) is 14.7. The summed E-state index contributed by atoms with van der Waals surface area (Å²) < 4.78 is 18.2. The second kappa shape index (κ2) is 5.87.